The van der Waals surface area contributed by atoms with Crippen molar-refractivity contribution in [1.29, 1.82) is 0 Å². The third-order valence-corrected chi connectivity index (χ3v) is 12.0. The molecule has 3 aromatic heterocycles. The van der Waals surface area contributed by atoms with E-state index in [0.29, 0.717) is 17.5 Å². The van der Waals surface area contributed by atoms with Crippen molar-refractivity contribution in [3.8, 4) is 67.8 Å². The van der Waals surface area contributed by atoms with Crippen LogP contribution in [0.1, 0.15) is 0 Å². The van der Waals surface area contributed by atoms with Gasteiger partial charge in [-0.2, -0.15) is 0 Å². The van der Waals surface area contributed by atoms with Crippen LogP contribution >= 0.6 is 0 Å². The van der Waals surface area contributed by atoms with E-state index in [9.17, 15) is 0 Å². The molecule has 0 amide bonds. The summed E-state index contributed by atoms with van der Waals surface area (Å²) < 4.78 is 4.75. The Balaban J connectivity index is 1.12. The van der Waals surface area contributed by atoms with Crippen molar-refractivity contribution < 1.29 is 0 Å². The van der Waals surface area contributed by atoms with E-state index >= 15 is 0 Å². The van der Waals surface area contributed by atoms with Gasteiger partial charge in [0, 0.05) is 49.6 Å². The van der Waals surface area contributed by atoms with E-state index in [0.717, 1.165) is 61.4 Å². The maximum atomic E-state index is 5.23. The average Bonchev–Trinajstić information content (AvgIpc) is 3.87. The predicted molar refractivity (Wildman–Crippen MR) is 256 cm³/mol. The van der Waals surface area contributed by atoms with Crippen molar-refractivity contribution >= 4 is 43.6 Å². The molecule has 0 N–H and O–H groups in total. The summed E-state index contributed by atoms with van der Waals surface area (Å²) in [5.41, 5.74) is 14.0. The fourth-order valence-electron chi connectivity index (χ4n) is 9.09. The van der Waals surface area contributed by atoms with Gasteiger partial charge in [-0.1, -0.05) is 164 Å². The number of hydrogen-bond acceptors (Lipinski definition) is 3. The number of fused-ring (bicyclic) bond motifs is 6. The second-order valence-electron chi connectivity index (χ2n) is 15.6. The lowest BCUT2D eigenvalue weighted by Gasteiger charge is -2.15. The van der Waals surface area contributed by atoms with Crippen LogP contribution in [0.25, 0.3) is 111 Å². The number of hydrogen-bond donors (Lipinski definition) is 0. The highest BCUT2D eigenvalue weighted by Crippen LogP contribution is 2.41. The van der Waals surface area contributed by atoms with Crippen LogP contribution in [-0.4, -0.2) is 24.1 Å². The first-order valence-corrected chi connectivity index (χ1v) is 20.9. The highest BCUT2D eigenvalue weighted by Gasteiger charge is 2.20. The molecule has 0 aliphatic rings. The molecule has 0 unspecified atom stereocenters. The maximum absolute atomic E-state index is 5.23. The Hall–Kier alpha value is -8.41. The molecule has 0 atom stereocenters. The zero-order valence-electron chi connectivity index (χ0n) is 33.6. The van der Waals surface area contributed by atoms with Crippen molar-refractivity contribution in [3.05, 3.63) is 224 Å². The van der Waals surface area contributed by atoms with Crippen LogP contribution in [-0.2, 0) is 0 Å². The van der Waals surface area contributed by atoms with Crippen LogP contribution in [0.2, 0.25) is 0 Å². The summed E-state index contributed by atoms with van der Waals surface area (Å²) in [5.74, 6) is 1.87. The Labute approximate surface area is 358 Å². The third-order valence-electron chi connectivity index (χ3n) is 12.0. The van der Waals surface area contributed by atoms with Crippen molar-refractivity contribution in [2.24, 2.45) is 0 Å². The summed E-state index contributed by atoms with van der Waals surface area (Å²) in [6.07, 6.45) is 0. The van der Waals surface area contributed by atoms with Crippen molar-refractivity contribution in [2.75, 3.05) is 0 Å². The molecule has 0 aliphatic heterocycles. The molecule has 9 aromatic carbocycles. The van der Waals surface area contributed by atoms with Crippen LogP contribution in [0.5, 0.6) is 0 Å². The molecule has 62 heavy (non-hydrogen) atoms. The SMILES string of the molecule is c1ccc(-c2nc(-c3ccccc3)nc(-c3ccc(-c4ccc5c6ccccc6n(-c6ccccc6)c5c4)cc3-c3ccc4c5ccccc5n(-c5ccccc5)c4c3)n2)cc1. The van der Waals surface area contributed by atoms with E-state index in [-0.39, 0.29) is 0 Å². The van der Waals surface area contributed by atoms with Crippen LogP contribution in [0, 0.1) is 0 Å². The number of aromatic nitrogens is 5. The summed E-state index contributed by atoms with van der Waals surface area (Å²) in [7, 11) is 0. The number of benzene rings is 9. The zero-order valence-corrected chi connectivity index (χ0v) is 33.6. The number of nitrogens with zero attached hydrogens (tertiary/aromatic N) is 5. The van der Waals surface area contributed by atoms with Gasteiger partial charge >= 0.3 is 0 Å². The molecule has 290 valence electrons. The Kier molecular flexibility index (Phi) is 8.42. The van der Waals surface area contributed by atoms with Crippen molar-refractivity contribution in [2.45, 2.75) is 0 Å². The molecule has 5 heteroatoms. The fraction of sp³-hybridized carbons (Fsp3) is 0. The first-order valence-electron chi connectivity index (χ1n) is 20.9. The molecular weight excluding hydrogens is 755 g/mol. The third kappa shape index (κ3) is 5.98. The van der Waals surface area contributed by atoms with Gasteiger partial charge in [0.25, 0.3) is 0 Å². The monoisotopic (exact) mass is 791 g/mol. The summed E-state index contributed by atoms with van der Waals surface area (Å²) in [5, 5.41) is 4.86. The molecule has 0 aliphatic carbocycles. The van der Waals surface area contributed by atoms with Gasteiger partial charge < -0.3 is 9.13 Å². The Morgan fingerprint density at radius 1 is 0.242 bits per heavy atom. The summed E-state index contributed by atoms with van der Waals surface area (Å²) in [4.78, 5) is 15.5. The first-order chi connectivity index (χ1) is 30.7. The highest BCUT2D eigenvalue weighted by atomic mass is 15.0. The van der Waals surface area contributed by atoms with E-state index in [1.165, 1.54) is 32.6 Å². The summed E-state index contributed by atoms with van der Waals surface area (Å²) in [6, 6.07) is 79.4. The van der Waals surface area contributed by atoms with Crippen molar-refractivity contribution in [3.63, 3.8) is 0 Å². The van der Waals surface area contributed by atoms with Crippen LogP contribution < -0.4 is 0 Å². The smallest absolute Gasteiger partial charge is 0.164 e. The molecule has 0 saturated heterocycles. The van der Waals surface area contributed by atoms with Gasteiger partial charge in [-0.15, -0.1) is 0 Å². The van der Waals surface area contributed by atoms with Gasteiger partial charge in [-0.3, -0.25) is 0 Å². The minimum absolute atomic E-state index is 0.614. The topological polar surface area (TPSA) is 48.5 Å². The number of para-hydroxylation sites is 4. The van der Waals surface area contributed by atoms with Crippen LogP contribution in [0.3, 0.4) is 0 Å². The highest BCUT2D eigenvalue weighted by molar-refractivity contribution is 6.12. The summed E-state index contributed by atoms with van der Waals surface area (Å²) in [6.45, 7) is 0. The standard InChI is InChI=1S/C57H37N5/c1-5-17-38(18-6-1)55-58-56(39-19-7-2-8-20-39)60-57(59-55)49-34-30-40(41-29-32-47-45-25-13-15-27-51(45)61(53(47)36-41)43-21-9-3-10-22-43)35-50(49)42-31-33-48-46-26-14-16-28-52(46)62(54(48)37-42)44-23-11-4-12-24-44/h1-37H. The molecule has 3 heterocycles. The van der Waals surface area contributed by atoms with Gasteiger partial charge in [0.15, 0.2) is 17.5 Å². The lowest BCUT2D eigenvalue weighted by atomic mass is 9.93. The van der Waals surface area contributed by atoms with Gasteiger partial charge in [0.1, 0.15) is 0 Å². The second kappa shape index (κ2) is 14.7. The van der Waals surface area contributed by atoms with E-state index in [1.807, 2.05) is 36.4 Å². The molecule has 0 bridgehead atoms. The Bertz CT molecular complexity index is 3550. The Morgan fingerprint density at radius 2 is 0.629 bits per heavy atom. The first kappa shape index (κ1) is 35.5. The molecule has 0 radical (unpaired) electrons. The minimum Gasteiger partial charge on any atom is -0.309 e. The fourth-order valence-corrected chi connectivity index (χ4v) is 9.09. The van der Waals surface area contributed by atoms with E-state index < -0.39 is 0 Å². The molecule has 12 rings (SSSR count). The molecule has 0 fully saturated rings. The quantitative estimate of drug-likeness (QED) is 0.162. The van der Waals surface area contributed by atoms with E-state index in [4.69, 9.17) is 15.0 Å². The number of rotatable bonds is 7. The van der Waals surface area contributed by atoms with Gasteiger partial charge in [-0.25, -0.2) is 15.0 Å². The molecule has 0 spiro atoms. The van der Waals surface area contributed by atoms with Gasteiger partial charge in [-0.05, 0) is 82.9 Å². The lowest BCUT2D eigenvalue weighted by molar-refractivity contribution is 1.07. The van der Waals surface area contributed by atoms with Gasteiger partial charge in [0.2, 0.25) is 0 Å². The molecule has 12 aromatic rings. The average molecular weight is 792 g/mol. The lowest BCUT2D eigenvalue weighted by Crippen LogP contribution is -2.01. The van der Waals surface area contributed by atoms with Gasteiger partial charge in [0.05, 0.1) is 22.1 Å². The molecule has 0 saturated carbocycles. The summed E-state index contributed by atoms with van der Waals surface area (Å²) >= 11 is 0. The largest absolute Gasteiger partial charge is 0.309 e. The van der Waals surface area contributed by atoms with Crippen LogP contribution in [0.4, 0.5) is 0 Å². The second-order valence-corrected chi connectivity index (χ2v) is 15.6. The molecule has 5 nitrogen and oxygen atoms in total. The van der Waals surface area contributed by atoms with E-state index in [1.54, 1.807) is 0 Å². The molecular formula is C57H37N5. The Morgan fingerprint density at radius 3 is 1.16 bits per heavy atom. The maximum Gasteiger partial charge on any atom is 0.164 e. The minimum atomic E-state index is 0.614. The predicted octanol–water partition coefficient (Wildman–Crippen LogP) is 14.4. The van der Waals surface area contributed by atoms with Crippen LogP contribution in [0.15, 0.2) is 224 Å². The normalized spacial score (nSPS) is 11.5. The zero-order chi connectivity index (χ0) is 41.0. The van der Waals surface area contributed by atoms with Crippen molar-refractivity contribution in [1.82, 2.24) is 24.1 Å². The van der Waals surface area contributed by atoms with E-state index in [2.05, 4.69) is 197 Å².